The molecule has 0 heterocycles. The molecule has 0 saturated heterocycles. The van der Waals surface area contributed by atoms with E-state index in [4.69, 9.17) is 0 Å². The van der Waals surface area contributed by atoms with Crippen LogP contribution in [0.15, 0.2) is 23.1 Å². The molecule has 11 heavy (non-hydrogen) atoms. The van der Waals surface area contributed by atoms with Gasteiger partial charge in [0, 0.05) is 6.07 Å². The summed E-state index contributed by atoms with van der Waals surface area (Å²) in [6.45, 7) is 0. The van der Waals surface area contributed by atoms with E-state index in [0.717, 1.165) is 6.07 Å². The van der Waals surface area contributed by atoms with Crippen molar-refractivity contribution >= 4 is 10.0 Å². The Morgan fingerprint density at radius 1 is 1.55 bits per heavy atom. The average molecular weight is 174 g/mol. The predicted molar refractivity (Wildman–Crippen MR) is 36.6 cm³/mol. The second-order valence-electron chi connectivity index (χ2n) is 1.89. The number of primary sulfonamides is 1. The first-order valence-corrected chi connectivity index (χ1v) is 4.25. The molecule has 0 bridgehead atoms. The predicted octanol–water partition coefficient (Wildman–Crippen LogP) is 0.273. The average Bonchev–Trinajstić information content (AvgIpc) is 1.86. The van der Waals surface area contributed by atoms with Gasteiger partial charge in [0.15, 0.2) is 0 Å². The van der Waals surface area contributed by atoms with E-state index in [1.165, 1.54) is 12.1 Å². The van der Waals surface area contributed by atoms with Crippen molar-refractivity contribution in [3.05, 3.63) is 30.1 Å². The molecule has 0 aliphatic heterocycles. The molecule has 0 saturated carbocycles. The lowest BCUT2D eigenvalue weighted by atomic mass is 10.4. The van der Waals surface area contributed by atoms with Crippen LogP contribution in [0, 0.1) is 11.9 Å². The third-order valence-corrected chi connectivity index (χ3v) is 1.94. The summed E-state index contributed by atoms with van der Waals surface area (Å²) in [5.41, 5.74) is 0. The molecule has 5 heteroatoms. The number of benzene rings is 1. The molecule has 0 atom stereocenters. The number of sulfonamides is 1. The SMILES string of the molecule is NS(=O)(=O)c1[c]cccc1F. The van der Waals surface area contributed by atoms with Gasteiger partial charge < -0.3 is 0 Å². The molecule has 59 valence electrons. The Kier molecular flexibility index (Phi) is 1.92. The monoisotopic (exact) mass is 174 g/mol. The van der Waals surface area contributed by atoms with Crippen LogP contribution in [0.4, 0.5) is 4.39 Å². The second kappa shape index (κ2) is 2.60. The molecule has 1 aromatic rings. The molecule has 1 radical (unpaired) electrons. The van der Waals surface area contributed by atoms with E-state index in [1.807, 2.05) is 0 Å². The lowest BCUT2D eigenvalue weighted by Gasteiger charge is -1.96. The number of hydrogen-bond donors (Lipinski definition) is 1. The minimum Gasteiger partial charge on any atom is -0.225 e. The first kappa shape index (κ1) is 8.16. The van der Waals surface area contributed by atoms with Crippen molar-refractivity contribution < 1.29 is 12.8 Å². The molecule has 3 nitrogen and oxygen atoms in total. The standard InChI is InChI=1S/C6H5FNO2S/c7-5-3-1-2-4-6(5)11(8,9)10/h1-3H,(H2,8,9,10). The molecule has 0 aromatic heterocycles. The summed E-state index contributed by atoms with van der Waals surface area (Å²) in [4.78, 5) is -0.597. The van der Waals surface area contributed by atoms with Crippen molar-refractivity contribution in [2.45, 2.75) is 4.90 Å². The molecule has 0 unspecified atom stereocenters. The van der Waals surface area contributed by atoms with Gasteiger partial charge in [-0.15, -0.1) is 0 Å². The Morgan fingerprint density at radius 3 is 2.55 bits per heavy atom. The quantitative estimate of drug-likeness (QED) is 0.664. The lowest BCUT2D eigenvalue weighted by molar-refractivity contribution is 0.567. The summed E-state index contributed by atoms with van der Waals surface area (Å²) in [5, 5.41) is 4.66. The fraction of sp³-hybridized carbons (Fsp3) is 0. The fourth-order valence-electron chi connectivity index (χ4n) is 0.619. The Bertz CT molecular complexity index is 361. The summed E-state index contributed by atoms with van der Waals surface area (Å²) in [6, 6.07) is 5.82. The summed E-state index contributed by atoms with van der Waals surface area (Å²) >= 11 is 0. The molecular formula is C6H5FNO2S. The van der Waals surface area contributed by atoms with Gasteiger partial charge in [0.05, 0.1) is 0 Å². The van der Waals surface area contributed by atoms with E-state index in [1.54, 1.807) is 0 Å². The van der Waals surface area contributed by atoms with Crippen molar-refractivity contribution in [1.29, 1.82) is 0 Å². The highest BCUT2D eigenvalue weighted by Crippen LogP contribution is 2.09. The van der Waals surface area contributed by atoms with E-state index in [2.05, 4.69) is 11.2 Å². The Balaban J connectivity index is 3.37. The zero-order valence-electron chi connectivity index (χ0n) is 5.41. The fourth-order valence-corrected chi connectivity index (χ4v) is 1.19. The number of hydrogen-bond acceptors (Lipinski definition) is 2. The Morgan fingerprint density at radius 2 is 2.18 bits per heavy atom. The third kappa shape index (κ3) is 1.75. The molecule has 0 aliphatic carbocycles. The van der Waals surface area contributed by atoms with Crippen LogP contribution < -0.4 is 5.14 Å². The van der Waals surface area contributed by atoms with E-state index in [-0.39, 0.29) is 0 Å². The van der Waals surface area contributed by atoms with Gasteiger partial charge in [0.1, 0.15) is 10.7 Å². The molecule has 0 amide bonds. The summed E-state index contributed by atoms with van der Waals surface area (Å²) in [5.74, 6) is -0.880. The van der Waals surface area contributed by atoms with Crippen molar-refractivity contribution in [3.8, 4) is 0 Å². The van der Waals surface area contributed by atoms with Crippen LogP contribution in [0.5, 0.6) is 0 Å². The largest absolute Gasteiger partial charge is 0.241 e. The molecule has 0 spiro atoms. The highest BCUT2D eigenvalue weighted by Gasteiger charge is 2.12. The van der Waals surface area contributed by atoms with Gasteiger partial charge in [-0.2, -0.15) is 0 Å². The highest BCUT2D eigenvalue weighted by molar-refractivity contribution is 7.89. The maximum absolute atomic E-state index is 12.6. The summed E-state index contributed by atoms with van der Waals surface area (Å²) in [6.07, 6.45) is 0. The maximum atomic E-state index is 12.6. The van der Waals surface area contributed by atoms with Crippen LogP contribution in [-0.2, 0) is 10.0 Å². The molecule has 0 aliphatic rings. The summed E-state index contributed by atoms with van der Waals surface area (Å²) < 4.78 is 33.7. The van der Waals surface area contributed by atoms with Gasteiger partial charge in [0.2, 0.25) is 10.0 Å². The van der Waals surface area contributed by atoms with Crippen LogP contribution in [0.1, 0.15) is 0 Å². The first-order valence-electron chi connectivity index (χ1n) is 2.71. The number of nitrogens with two attached hydrogens (primary N) is 1. The van der Waals surface area contributed by atoms with Gasteiger partial charge in [-0.25, -0.2) is 17.9 Å². The van der Waals surface area contributed by atoms with Crippen LogP contribution in [0.25, 0.3) is 0 Å². The first-order chi connectivity index (χ1) is 5.02. The zero-order valence-corrected chi connectivity index (χ0v) is 6.23. The van der Waals surface area contributed by atoms with Crippen molar-refractivity contribution in [2.75, 3.05) is 0 Å². The van der Waals surface area contributed by atoms with E-state index >= 15 is 0 Å². The van der Waals surface area contributed by atoms with Gasteiger partial charge in [-0.05, 0) is 6.07 Å². The van der Waals surface area contributed by atoms with Crippen molar-refractivity contribution in [1.82, 2.24) is 0 Å². The summed E-state index contributed by atoms with van der Waals surface area (Å²) in [7, 11) is -3.96. The van der Waals surface area contributed by atoms with E-state index in [9.17, 15) is 12.8 Å². The maximum Gasteiger partial charge on any atom is 0.241 e. The van der Waals surface area contributed by atoms with E-state index < -0.39 is 20.7 Å². The van der Waals surface area contributed by atoms with Gasteiger partial charge in [0.25, 0.3) is 0 Å². The normalized spacial score (nSPS) is 11.5. The van der Waals surface area contributed by atoms with Crippen LogP contribution in [0.2, 0.25) is 0 Å². The smallest absolute Gasteiger partial charge is 0.225 e. The molecule has 1 aromatic carbocycles. The number of halogens is 1. The van der Waals surface area contributed by atoms with Gasteiger partial charge in [-0.3, -0.25) is 0 Å². The second-order valence-corrected chi connectivity index (χ2v) is 3.39. The van der Waals surface area contributed by atoms with Crippen LogP contribution in [-0.4, -0.2) is 8.42 Å². The topological polar surface area (TPSA) is 60.2 Å². The minimum absolute atomic E-state index is 0.597. The van der Waals surface area contributed by atoms with E-state index in [0.29, 0.717) is 0 Å². The van der Waals surface area contributed by atoms with Gasteiger partial charge in [-0.1, -0.05) is 12.1 Å². The Labute approximate surface area is 63.7 Å². The van der Waals surface area contributed by atoms with Crippen molar-refractivity contribution in [2.24, 2.45) is 5.14 Å². The molecule has 0 fully saturated rings. The molecule has 2 N–H and O–H groups in total. The highest BCUT2D eigenvalue weighted by atomic mass is 32.2. The van der Waals surface area contributed by atoms with Gasteiger partial charge >= 0.3 is 0 Å². The molecular weight excluding hydrogens is 169 g/mol. The lowest BCUT2D eigenvalue weighted by Crippen LogP contribution is -2.13. The molecule has 1 rings (SSSR count). The van der Waals surface area contributed by atoms with Crippen LogP contribution >= 0.6 is 0 Å². The minimum atomic E-state index is -3.96. The zero-order chi connectivity index (χ0) is 8.48. The third-order valence-electron chi connectivity index (χ3n) is 1.05. The Hall–Kier alpha value is -0.940. The number of rotatable bonds is 1. The van der Waals surface area contributed by atoms with Crippen molar-refractivity contribution in [3.63, 3.8) is 0 Å². The van der Waals surface area contributed by atoms with Crippen LogP contribution in [0.3, 0.4) is 0 Å².